The highest BCUT2D eigenvalue weighted by Crippen LogP contribution is 2.33. The van der Waals surface area contributed by atoms with Gasteiger partial charge in [0, 0.05) is 24.2 Å². The molecule has 0 spiro atoms. The Balaban J connectivity index is 1.58. The van der Waals surface area contributed by atoms with Crippen LogP contribution in [0.3, 0.4) is 0 Å². The van der Waals surface area contributed by atoms with Crippen molar-refractivity contribution in [3.63, 3.8) is 0 Å². The zero-order valence-electron chi connectivity index (χ0n) is 18.3. The van der Waals surface area contributed by atoms with Crippen molar-refractivity contribution in [1.82, 2.24) is 0 Å². The number of carbonyl (C=O) groups excluding carboxylic acids is 2. The normalized spacial score (nSPS) is 10.8. The summed E-state index contributed by atoms with van der Waals surface area (Å²) in [7, 11) is 0. The van der Waals surface area contributed by atoms with E-state index in [4.69, 9.17) is 20.8 Å². The molecule has 1 aromatic heterocycles. The van der Waals surface area contributed by atoms with Crippen LogP contribution >= 0.6 is 11.6 Å². The second-order valence-corrected chi connectivity index (χ2v) is 8.05. The minimum Gasteiger partial charge on any atom is -0.460 e. The quantitative estimate of drug-likeness (QED) is 0.294. The Morgan fingerprint density at radius 1 is 1.06 bits per heavy atom. The molecule has 8 heteroatoms. The van der Waals surface area contributed by atoms with Gasteiger partial charge in [0.25, 0.3) is 0 Å². The van der Waals surface area contributed by atoms with Crippen LogP contribution in [0.15, 0.2) is 69.9 Å². The van der Waals surface area contributed by atoms with E-state index in [2.05, 4.69) is 5.32 Å². The summed E-state index contributed by atoms with van der Waals surface area (Å²) >= 11 is 6.14. The van der Waals surface area contributed by atoms with E-state index < -0.39 is 17.2 Å². The molecule has 0 bridgehead atoms. The van der Waals surface area contributed by atoms with Crippen LogP contribution in [-0.2, 0) is 16.0 Å². The fourth-order valence-electron chi connectivity index (χ4n) is 3.62. The first kappa shape index (κ1) is 23.2. The van der Waals surface area contributed by atoms with Crippen molar-refractivity contribution in [2.45, 2.75) is 20.3 Å². The van der Waals surface area contributed by atoms with Gasteiger partial charge in [-0.25, -0.2) is 4.39 Å². The van der Waals surface area contributed by atoms with Gasteiger partial charge in [-0.1, -0.05) is 29.8 Å². The highest BCUT2D eigenvalue weighted by Gasteiger charge is 2.20. The third-order valence-corrected chi connectivity index (χ3v) is 5.42. The molecule has 0 unspecified atom stereocenters. The number of benzene rings is 3. The van der Waals surface area contributed by atoms with Crippen molar-refractivity contribution in [2.75, 3.05) is 5.32 Å². The van der Waals surface area contributed by atoms with Crippen LogP contribution in [0.5, 0.6) is 5.75 Å². The number of halogens is 2. The lowest BCUT2D eigenvalue weighted by Crippen LogP contribution is -2.12. The zero-order valence-corrected chi connectivity index (χ0v) is 19.0. The molecule has 0 atom stereocenters. The first-order valence-electron chi connectivity index (χ1n) is 10.3. The molecular weight excluding hydrogens is 461 g/mol. The molecule has 0 radical (unpaired) electrons. The second-order valence-electron chi connectivity index (χ2n) is 7.65. The third kappa shape index (κ3) is 4.84. The first-order chi connectivity index (χ1) is 16.2. The number of esters is 1. The molecule has 0 fully saturated rings. The van der Waals surface area contributed by atoms with Crippen molar-refractivity contribution >= 4 is 40.1 Å². The monoisotopic (exact) mass is 479 g/mol. The van der Waals surface area contributed by atoms with Crippen LogP contribution in [0.2, 0.25) is 5.02 Å². The van der Waals surface area contributed by atoms with E-state index in [9.17, 15) is 18.8 Å². The largest absolute Gasteiger partial charge is 0.460 e. The van der Waals surface area contributed by atoms with Gasteiger partial charge in [-0.15, -0.1) is 0 Å². The van der Waals surface area contributed by atoms with E-state index >= 15 is 0 Å². The fraction of sp³-hybridized carbons (Fsp3) is 0.115. The van der Waals surface area contributed by atoms with Crippen LogP contribution in [0, 0.1) is 12.7 Å². The highest BCUT2D eigenvalue weighted by atomic mass is 35.5. The van der Waals surface area contributed by atoms with Crippen LogP contribution < -0.4 is 15.5 Å². The Hall–Kier alpha value is -3.97. The highest BCUT2D eigenvalue weighted by molar-refractivity contribution is 6.33. The summed E-state index contributed by atoms with van der Waals surface area (Å²) in [4.78, 5) is 36.6. The minimum absolute atomic E-state index is 0.00604. The molecule has 1 amide bonds. The van der Waals surface area contributed by atoms with Gasteiger partial charge in [-0.2, -0.15) is 0 Å². The van der Waals surface area contributed by atoms with Crippen molar-refractivity contribution < 1.29 is 23.1 Å². The summed E-state index contributed by atoms with van der Waals surface area (Å²) in [6.45, 7) is 2.95. The van der Waals surface area contributed by atoms with Crippen molar-refractivity contribution in [2.24, 2.45) is 0 Å². The Kier molecular flexibility index (Phi) is 6.47. The average molecular weight is 480 g/mol. The van der Waals surface area contributed by atoms with Crippen LogP contribution in [-0.4, -0.2) is 11.9 Å². The number of ether oxygens (including phenoxy) is 1. The summed E-state index contributed by atoms with van der Waals surface area (Å²) < 4.78 is 25.6. The average Bonchev–Trinajstić information content (AvgIpc) is 2.76. The molecule has 4 rings (SSSR count). The maximum atomic E-state index is 14.4. The second kappa shape index (κ2) is 9.49. The van der Waals surface area contributed by atoms with Crippen LogP contribution in [0.4, 0.5) is 10.1 Å². The van der Waals surface area contributed by atoms with Crippen molar-refractivity contribution in [3.8, 4) is 16.9 Å². The molecule has 4 aromatic rings. The SMILES string of the molecule is CC(=O)Nc1ccc(CC(=O)Oc2ccc3c(=O)c(-c4c(F)cccc4Cl)c(C)oc3c2)cc1. The van der Waals surface area contributed by atoms with E-state index in [0.29, 0.717) is 11.3 Å². The summed E-state index contributed by atoms with van der Waals surface area (Å²) in [5, 5.41) is 2.96. The smallest absolute Gasteiger partial charge is 0.315 e. The lowest BCUT2D eigenvalue weighted by atomic mass is 10.0. The Labute approximate surface area is 198 Å². The topological polar surface area (TPSA) is 85.6 Å². The predicted octanol–water partition coefficient (Wildman–Crippen LogP) is 5.67. The zero-order chi connectivity index (χ0) is 24.4. The molecular formula is C26H19ClFNO5. The predicted molar refractivity (Wildman–Crippen MR) is 128 cm³/mol. The molecule has 1 N–H and O–H groups in total. The molecule has 0 saturated carbocycles. The van der Waals surface area contributed by atoms with Gasteiger partial charge in [-0.05, 0) is 48.9 Å². The summed E-state index contributed by atoms with van der Waals surface area (Å²) in [6, 6.07) is 15.4. The van der Waals surface area contributed by atoms with Gasteiger partial charge < -0.3 is 14.5 Å². The number of hydrogen-bond acceptors (Lipinski definition) is 5. The fourth-order valence-corrected chi connectivity index (χ4v) is 3.88. The van der Waals surface area contributed by atoms with E-state index in [0.717, 1.165) is 0 Å². The lowest BCUT2D eigenvalue weighted by Gasteiger charge is -2.11. The Bertz CT molecular complexity index is 1460. The molecule has 3 aromatic carbocycles. The van der Waals surface area contributed by atoms with Gasteiger partial charge in [0.15, 0.2) is 0 Å². The molecule has 0 saturated heterocycles. The summed E-state index contributed by atoms with van der Waals surface area (Å²) in [6.07, 6.45) is 0.00604. The van der Waals surface area contributed by atoms with Gasteiger partial charge in [0.2, 0.25) is 11.3 Å². The van der Waals surface area contributed by atoms with Crippen LogP contribution in [0.1, 0.15) is 18.2 Å². The number of hydrogen-bond donors (Lipinski definition) is 1. The number of nitrogens with one attached hydrogen (secondary N) is 1. The Morgan fingerprint density at radius 2 is 1.79 bits per heavy atom. The molecule has 0 aliphatic rings. The number of carbonyl (C=O) groups is 2. The van der Waals surface area contributed by atoms with E-state index in [-0.39, 0.29) is 51.0 Å². The number of aryl methyl sites for hydroxylation is 1. The molecule has 34 heavy (non-hydrogen) atoms. The van der Waals surface area contributed by atoms with Gasteiger partial charge in [-0.3, -0.25) is 14.4 Å². The van der Waals surface area contributed by atoms with Crippen LogP contribution in [0.25, 0.3) is 22.1 Å². The number of anilines is 1. The van der Waals surface area contributed by atoms with E-state index in [1.165, 1.54) is 43.3 Å². The van der Waals surface area contributed by atoms with E-state index in [1.807, 2.05) is 0 Å². The number of rotatable bonds is 5. The number of fused-ring (bicyclic) bond motifs is 1. The molecule has 172 valence electrons. The molecule has 0 aliphatic heterocycles. The van der Waals surface area contributed by atoms with E-state index in [1.54, 1.807) is 31.2 Å². The van der Waals surface area contributed by atoms with Gasteiger partial charge >= 0.3 is 5.97 Å². The third-order valence-electron chi connectivity index (χ3n) is 5.11. The standard InChI is InChI=1S/C26H19ClFNO5/c1-14-24(25-20(27)4-3-5-21(25)28)26(32)19-11-10-18(13-22(19)33-14)34-23(31)12-16-6-8-17(9-7-16)29-15(2)30/h3-11,13H,12H2,1-2H3,(H,29,30). The van der Waals surface area contributed by atoms with Gasteiger partial charge in [0.1, 0.15) is 22.9 Å². The molecule has 0 aliphatic carbocycles. The molecule has 6 nitrogen and oxygen atoms in total. The maximum absolute atomic E-state index is 14.4. The summed E-state index contributed by atoms with van der Waals surface area (Å²) in [5.74, 6) is -0.938. The molecule has 1 heterocycles. The van der Waals surface area contributed by atoms with Gasteiger partial charge in [0.05, 0.1) is 22.4 Å². The Morgan fingerprint density at radius 3 is 2.47 bits per heavy atom. The van der Waals surface area contributed by atoms with Crippen molar-refractivity contribution in [1.29, 1.82) is 0 Å². The minimum atomic E-state index is -0.627. The lowest BCUT2D eigenvalue weighted by molar-refractivity contribution is -0.133. The maximum Gasteiger partial charge on any atom is 0.315 e. The summed E-state index contributed by atoms with van der Waals surface area (Å²) in [5.41, 5.74) is 1.11. The first-order valence-corrected chi connectivity index (χ1v) is 10.7. The number of amides is 1. The van der Waals surface area contributed by atoms with Crippen molar-refractivity contribution in [3.05, 3.63) is 93.1 Å².